The topological polar surface area (TPSA) is 55.6 Å². The molecule has 2 aromatic heterocycles. The van der Waals surface area contributed by atoms with Crippen LogP contribution in [0.25, 0.3) is 0 Å². The molecule has 2 rings (SSSR count). The molecular formula is C14H21N5. The van der Waals surface area contributed by atoms with E-state index in [4.69, 9.17) is 0 Å². The van der Waals surface area contributed by atoms with E-state index in [1.807, 2.05) is 24.6 Å². The number of nitrogens with zero attached hydrogens (tertiary/aromatic N) is 4. The molecule has 0 aliphatic rings. The van der Waals surface area contributed by atoms with E-state index in [2.05, 4.69) is 41.2 Å². The lowest BCUT2D eigenvalue weighted by Gasteiger charge is -2.08. The third kappa shape index (κ3) is 2.75. The zero-order chi connectivity index (χ0) is 14.0. The molecule has 0 unspecified atom stereocenters. The van der Waals surface area contributed by atoms with E-state index in [1.54, 1.807) is 0 Å². The molecule has 0 aromatic carbocycles. The van der Waals surface area contributed by atoms with Gasteiger partial charge in [0.2, 0.25) is 0 Å². The molecule has 5 heteroatoms. The van der Waals surface area contributed by atoms with Crippen molar-refractivity contribution < 1.29 is 0 Å². The Labute approximate surface area is 114 Å². The van der Waals surface area contributed by atoms with Crippen molar-refractivity contribution in [3.8, 4) is 0 Å². The van der Waals surface area contributed by atoms with E-state index in [-0.39, 0.29) is 0 Å². The molecule has 2 aromatic rings. The molecule has 5 nitrogen and oxygen atoms in total. The van der Waals surface area contributed by atoms with Crippen LogP contribution >= 0.6 is 0 Å². The predicted octanol–water partition coefficient (Wildman–Crippen LogP) is 2.92. The Balaban J connectivity index is 2.36. The predicted molar refractivity (Wildman–Crippen MR) is 76.8 cm³/mol. The Morgan fingerprint density at radius 3 is 2.47 bits per heavy atom. The number of anilines is 2. The first-order valence-corrected chi connectivity index (χ1v) is 6.70. The molecule has 0 saturated carbocycles. The highest BCUT2D eigenvalue weighted by molar-refractivity contribution is 5.61. The number of rotatable bonds is 4. The van der Waals surface area contributed by atoms with Gasteiger partial charge in [-0.25, -0.2) is 9.97 Å². The molecule has 0 aliphatic carbocycles. The largest absolute Gasteiger partial charge is 0.337 e. The van der Waals surface area contributed by atoms with Gasteiger partial charge in [-0.1, -0.05) is 6.92 Å². The first-order chi connectivity index (χ1) is 9.05. The van der Waals surface area contributed by atoms with Gasteiger partial charge in [0, 0.05) is 24.7 Å². The summed E-state index contributed by atoms with van der Waals surface area (Å²) < 4.78 is 1.99. The summed E-state index contributed by atoms with van der Waals surface area (Å²) in [4.78, 5) is 8.89. The zero-order valence-corrected chi connectivity index (χ0v) is 12.3. The lowest BCUT2D eigenvalue weighted by molar-refractivity contribution is 0.634. The smallest absolute Gasteiger partial charge is 0.134 e. The van der Waals surface area contributed by atoms with E-state index in [9.17, 15) is 0 Å². The van der Waals surface area contributed by atoms with Crippen LogP contribution in [0.2, 0.25) is 0 Å². The minimum absolute atomic E-state index is 0.836. The lowest BCUT2D eigenvalue weighted by atomic mass is 10.3. The van der Waals surface area contributed by atoms with Crippen molar-refractivity contribution in [2.24, 2.45) is 0 Å². The van der Waals surface area contributed by atoms with E-state index >= 15 is 0 Å². The second kappa shape index (κ2) is 5.38. The van der Waals surface area contributed by atoms with Crippen molar-refractivity contribution >= 4 is 11.5 Å². The molecule has 0 aliphatic heterocycles. The summed E-state index contributed by atoms with van der Waals surface area (Å²) in [5.41, 5.74) is 4.15. The van der Waals surface area contributed by atoms with Crippen molar-refractivity contribution in [3.63, 3.8) is 0 Å². The van der Waals surface area contributed by atoms with Crippen molar-refractivity contribution in [1.82, 2.24) is 19.7 Å². The Bertz CT molecular complexity index is 586. The number of aryl methyl sites for hydroxylation is 4. The molecule has 0 spiro atoms. The number of nitrogens with one attached hydrogen (secondary N) is 1. The fourth-order valence-corrected chi connectivity index (χ4v) is 2.17. The maximum absolute atomic E-state index is 4.51. The van der Waals surface area contributed by atoms with Gasteiger partial charge in [0.1, 0.15) is 11.6 Å². The fourth-order valence-electron chi connectivity index (χ4n) is 2.17. The molecule has 102 valence electrons. The highest BCUT2D eigenvalue weighted by Gasteiger charge is 2.11. The van der Waals surface area contributed by atoms with Crippen LogP contribution in [0.5, 0.6) is 0 Å². The number of hydrogen-bond donors (Lipinski definition) is 1. The molecule has 0 radical (unpaired) electrons. The maximum Gasteiger partial charge on any atom is 0.134 e. The summed E-state index contributed by atoms with van der Waals surface area (Å²) in [7, 11) is 0. The molecule has 2 heterocycles. The van der Waals surface area contributed by atoms with Gasteiger partial charge in [-0.05, 0) is 27.7 Å². The summed E-state index contributed by atoms with van der Waals surface area (Å²) in [6.07, 6.45) is 0.836. The number of aromatic nitrogens is 4. The van der Waals surface area contributed by atoms with E-state index in [0.29, 0.717) is 0 Å². The van der Waals surface area contributed by atoms with Gasteiger partial charge in [0.15, 0.2) is 0 Å². The van der Waals surface area contributed by atoms with Crippen LogP contribution in [-0.4, -0.2) is 19.7 Å². The van der Waals surface area contributed by atoms with Crippen LogP contribution in [0.4, 0.5) is 11.5 Å². The summed E-state index contributed by atoms with van der Waals surface area (Å²) in [5.74, 6) is 1.70. The van der Waals surface area contributed by atoms with Crippen molar-refractivity contribution in [2.45, 2.75) is 47.6 Å². The van der Waals surface area contributed by atoms with Crippen LogP contribution in [0.15, 0.2) is 6.07 Å². The fraction of sp³-hybridized carbons (Fsp3) is 0.500. The normalized spacial score (nSPS) is 10.8. The number of hydrogen-bond acceptors (Lipinski definition) is 4. The maximum atomic E-state index is 4.51. The summed E-state index contributed by atoms with van der Waals surface area (Å²) in [6, 6.07) is 1.96. The molecule has 0 atom stereocenters. The van der Waals surface area contributed by atoms with E-state index in [0.717, 1.165) is 47.4 Å². The van der Waals surface area contributed by atoms with E-state index in [1.165, 1.54) is 0 Å². The standard InChI is InChI=1S/C14H21N5/c1-6-12-15-9(3)8-13(16-12)17-14-10(4)18-19(7-2)11(14)5/h8H,6-7H2,1-5H3,(H,15,16,17). The summed E-state index contributed by atoms with van der Waals surface area (Å²) >= 11 is 0. The Morgan fingerprint density at radius 1 is 1.16 bits per heavy atom. The van der Waals surface area contributed by atoms with Gasteiger partial charge in [-0.15, -0.1) is 0 Å². The third-order valence-corrected chi connectivity index (χ3v) is 3.15. The molecule has 19 heavy (non-hydrogen) atoms. The molecule has 1 N–H and O–H groups in total. The Kier molecular flexibility index (Phi) is 3.83. The molecule has 0 amide bonds. The second-order valence-electron chi connectivity index (χ2n) is 4.65. The molecular weight excluding hydrogens is 238 g/mol. The summed E-state index contributed by atoms with van der Waals surface area (Å²) in [6.45, 7) is 11.1. The van der Waals surface area contributed by atoms with Crippen LogP contribution in [0, 0.1) is 20.8 Å². The highest BCUT2D eigenvalue weighted by Crippen LogP contribution is 2.23. The van der Waals surface area contributed by atoms with Gasteiger partial charge < -0.3 is 5.32 Å². The lowest BCUT2D eigenvalue weighted by Crippen LogP contribution is -2.03. The quantitative estimate of drug-likeness (QED) is 0.917. The molecule has 0 fully saturated rings. The van der Waals surface area contributed by atoms with Crippen LogP contribution < -0.4 is 5.32 Å². The first-order valence-electron chi connectivity index (χ1n) is 6.70. The van der Waals surface area contributed by atoms with Crippen molar-refractivity contribution in [1.29, 1.82) is 0 Å². The van der Waals surface area contributed by atoms with Crippen LogP contribution in [0.1, 0.15) is 36.8 Å². The van der Waals surface area contributed by atoms with Crippen LogP contribution in [0.3, 0.4) is 0 Å². The monoisotopic (exact) mass is 259 g/mol. The minimum Gasteiger partial charge on any atom is -0.337 e. The average molecular weight is 259 g/mol. The average Bonchev–Trinajstić information content (AvgIpc) is 2.65. The van der Waals surface area contributed by atoms with Gasteiger partial charge in [0.25, 0.3) is 0 Å². The SMILES string of the molecule is CCc1nc(C)cc(Nc2c(C)nn(CC)c2C)n1. The molecule has 0 saturated heterocycles. The minimum atomic E-state index is 0.836. The second-order valence-corrected chi connectivity index (χ2v) is 4.65. The van der Waals surface area contributed by atoms with Crippen molar-refractivity contribution in [3.05, 3.63) is 29.0 Å². The van der Waals surface area contributed by atoms with Gasteiger partial charge >= 0.3 is 0 Å². The Morgan fingerprint density at radius 2 is 1.89 bits per heavy atom. The zero-order valence-electron chi connectivity index (χ0n) is 12.3. The molecule has 0 bridgehead atoms. The van der Waals surface area contributed by atoms with E-state index < -0.39 is 0 Å². The van der Waals surface area contributed by atoms with Gasteiger partial charge in [-0.3, -0.25) is 4.68 Å². The third-order valence-electron chi connectivity index (χ3n) is 3.15. The van der Waals surface area contributed by atoms with Crippen molar-refractivity contribution in [2.75, 3.05) is 5.32 Å². The van der Waals surface area contributed by atoms with Gasteiger partial charge in [-0.2, -0.15) is 5.10 Å². The highest BCUT2D eigenvalue weighted by atomic mass is 15.3. The van der Waals surface area contributed by atoms with Crippen LogP contribution in [-0.2, 0) is 13.0 Å². The summed E-state index contributed by atoms with van der Waals surface area (Å²) in [5, 5.41) is 7.88. The first kappa shape index (κ1) is 13.5. The Hall–Kier alpha value is -1.91. The van der Waals surface area contributed by atoms with Gasteiger partial charge in [0.05, 0.1) is 17.1 Å².